The molecule has 0 spiro atoms. The predicted molar refractivity (Wildman–Crippen MR) is 74.6 cm³/mol. The maximum Gasteiger partial charge on any atom is 0.421 e. The van der Waals surface area contributed by atoms with E-state index < -0.39 is 11.7 Å². The van der Waals surface area contributed by atoms with Gasteiger partial charge < -0.3 is 10.1 Å². The summed E-state index contributed by atoms with van der Waals surface area (Å²) < 4.78 is 45.3. The Bertz CT molecular complexity index is 510. The van der Waals surface area contributed by atoms with Gasteiger partial charge in [-0.1, -0.05) is 17.7 Å². The van der Waals surface area contributed by atoms with Crippen LogP contribution in [0.5, 0.6) is 5.75 Å². The minimum atomic E-state index is -4.50. The van der Waals surface area contributed by atoms with Crippen LogP contribution in [-0.4, -0.2) is 19.2 Å². The van der Waals surface area contributed by atoms with Crippen molar-refractivity contribution in [2.24, 2.45) is 11.8 Å². The summed E-state index contributed by atoms with van der Waals surface area (Å²) in [5.41, 5.74) is -0.858. The van der Waals surface area contributed by atoms with Crippen LogP contribution < -0.4 is 10.1 Å². The first kappa shape index (κ1) is 15.0. The van der Waals surface area contributed by atoms with Crippen molar-refractivity contribution < 1.29 is 17.9 Å². The molecule has 0 radical (unpaired) electrons. The highest BCUT2D eigenvalue weighted by Gasteiger charge is 2.42. The first-order valence-electron chi connectivity index (χ1n) is 7.20. The summed E-state index contributed by atoms with van der Waals surface area (Å²) in [4.78, 5) is 0. The average molecular weight is 320 g/mol. The second kappa shape index (κ2) is 5.69. The zero-order valence-corrected chi connectivity index (χ0v) is 12.2. The SMILES string of the molecule is FC(F)(F)c1c(Cl)cccc1O[C@@H](C1CC1)[C@H]1CCNC1. The number of halogens is 4. The van der Waals surface area contributed by atoms with Gasteiger partial charge in [-0.3, -0.25) is 0 Å². The van der Waals surface area contributed by atoms with Crippen molar-refractivity contribution in [1.82, 2.24) is 5.32 Å². The van der Waals surface area contributed by atoms with Crippen LogP contribution >= 0.6 is 11.6 Å². The largest absolute Gasteiger partial charge is 0.489 e. The summed E-state index contributed by atoms with van der Waals surface area (Å²) in [6.45, 7) is 1.71. The molecule has 3 rings (SSSR count). The molecule has 2 nitrogen and oxygen atoms in total. The van der Waals surface area contributed by atoms with E-state index in [4.69, 9.17) is 16.3 Å². The lowest BCUT2D eigenvalue weighted by molar-refractivity contribution is -0.139. The molecule has 0 bridgehead atoms. The molecular weight excluding hydrogens is 303 g/mol. The minimum Gasteiger partial charge on any atom is -0.489 e. The second-order valence-corrected chi connectivity index (χ2v) is 6.19. The van der Waals surface area contributed by atoms with E-state index in [0.717, 1.165) is 32.4 Å². The van der Waals surface area contributed by atoms with Crippen molar-refractivity contribution in [3.63, 3.8) is 0 Å². The van der Waals surface area contributed by atoms with E-state index in [-0.39, 0.29) is 22.8 Å². The smallest absolute Gasteiger partial charge is 0.421 e. The van der Waals surface area contributed by atoms with Crippen LogP contribution in [0.3, 0.4) is 0 Å². The Hall–Kier alpha value is -0.940. The molecule has 1 aliphatic heterocycles. The fraction of sp³-hybridized carbons (Fsp3) is 0.600. The second-order valence-electron chi connectivity index (χ2n) is 5.78. The molecule has 1 heterocycles. The summed E-state index contributed by atoms with van der Waals surface area (Å²) in [7, 11) is 0. The normalized spacial score (nSPS) is 24.1. The number of rotatable bonds is 4. The van der Waals surface area contributed by atoms with E-state index in [1.165, 1.54) is 18.2 Å². The maximum absolute atomic E-state index is 13.2. The summed E-state index contributed by atoms with van der Waals surface area (Å²) >= 11 is 5.74. The molecule has 0 amide bonds. The highest BCUT2D eigenvalue weighted by molar-refractivity contribution is 6.31. The molecule has 1 aliphatic carbocycles. The molecule has 0 aromatic heterocycles. The summed E-state index contributed by atoms with van der Waals surface area (Å²) in [6, 6.07) is 4.12. The highest BCUT2D eigenvalue weighted by atomic mass is 35.5. The zero-order valence-electron chi connectivity index (χ0n) is 11.4. The number of ether oxygens (including phenoxy) is 1. The van der Waals surface area contributed by atoms with Crippen LogP contribution in [0.4, 0.5) is 13.2 Å². The summed E-state index contributed by atoms with van der Waals surface area (Å²) in [5, 5.41) is 2.94. The zero-order chi connectivity index (χ0) is 15.0. The van der Waals surface area contributed by atoms with E-state index in [0.29, 0.717) is 5.92 Å². The third-order valence-corrected chi connectivity index (χ3v) is 4.49. The molecule has 1 aromatic carbocycles. The molecule has 0 unspecified atom stereocenters. The Labute approximate surface area is 126 Å². The van der Waals surface area contributed by atoms with Crippen molar-refractivity contribution in [3.05, 3.63) is 28.8 Å². The first-order chi connectivity index (χ1) is 9.97. The van der Waals surface area contributed by atoms with Crippen LogP contribution in [-0.2, 0) is 6.18 Å². The first-order valence-corrected chi connectivity index (χ1v) is 7.57. The lowest BCUT2D eigenvalue weighted by Gasteiger charge is -2.26. The van der Waals surface area contributed by atoms with Crippen LogP contribution in [0.1, 0.15) is 24.8 Å². The quantitative estimate of drug-likeness (QED) is 0.901. The molecule has 2 atom stereocenters. The topological polar surface area (TPSA) is 21.3 Å². The van der Waals surface area contributed by atoms with Gasteiger partial charge in [0.05, 0.1) is 5.02 Å². The van der Waals surface area contributed by atoms with Crippen molar-refractivity contribution in [3.8, 4) is 5.75 Å². The standard InChI is InChI=1S/C15H17ClF3NO/c16-11-2-1-3-12(13(11)15(17,18)19)21-14(9-4-5-9)10-6-7-20-8-10/h1-3,9-10,14,20H,4-8H2/t10-,14-/m0/s1. The van der Waals surface area contributed by atoms with E-state index in [1.807, 2.05) is 0 Å². The number of alkyl halides is 3. The fourth-order valence-corrected chi connectivity index (χ4v) is 3.26. The molecule has 2 fully saturated rings. The molecule has 1 aromatic rings. The van der Waals surface area contributed by atoms with E-state index >= 15 is 0 Å². The molecule has 1 saturated heterocycles. The Morgan fingerprint density at radius 2 is 1.95 bits per heavy atom. The van der Waals surface area contributed by atoms with Crippen molar-refractivity contribution in [1.29, 1.82) is 0 Å². The summed E-state index contributed by atoms with van der Waals surface area (Å²) in [6.07, 6.45) is -1.65. The van der Waals surface area contributed by atoms with Gasteiger partial charge in [0.1, 0.15) is 17.4 Å². The maximum atomic E-state index is 13.2. The Morgan fingerprint density at radius 3 is 2.52 bits per heavy atom. The number of benzene rings is 1. The number of nitrogens with one attached hydrogen (secondary N) is 1. The molecule has 2 aliphatic rings. The fourth-order valence-electron chi connectivity index (χ4n) is 2.98. The van der Waals surface area contributed by atoms with Crippen LogP contribution in [0.25, 0.3) is 0 Å². The van der Waals surface area contributed by atoms with Gasteiger partial charge in [-0.2, -0.15) is 13.2 Å². The predicted octanol–water partition coefficient (Wildman–Crippen LogP) is 4.13. The van der Waals surface area contributed by atoms with Gasteiger partial charge in [-0.05, 0) is 43.9 Å². The molecule has 1 saturated carbocycles. The number of hydrogen-bond donors (Lipinski definition) is 1. The van der Waals surface area contributed by atoms with E-state index in [2.05, 4.69) is 5.32 Å². The van der Waals surface area contributed by atoms with Crippen molar-refractivity contribution in [2.45, 2.75) is 31.5 Å². The van der Waals surface area contributed by atoms with Gasteiger partial charge in [-0.15, -0.1) is 0 Å². The van der Waals surface area contributed by atoms with Crippen molar-refractivity contribution >= 4 is 11.6 Å². The Morgan fingerprint density at radius 1 is 1.19 bits per heavy atom. The van der Waals surface area contributed by atoms with Gasteiger partial charge in [0.25, 0.3) is 0 Å². The van der Waals surface area contributed by atoms with Gasteiger partial charge in [0.2, 0.25) is 0 Å². The monoisotopic (exact) mass is 319 g/mol. The van der Waals surface area contributed by atoms with Crippen molar-refractivity contribution in [2.75, 3.05) is 13.1 Å². The molecule has 1 N–H and O–H groups in total. The van der Waals surface area contributed by atoms with Gasteiger partial charge >= 0.3 is 6.18 Å². The van der Waals surface area contributed by atoms with Crippen LogP contribution in [0, 0.1) is 11.8 Å². The van der Waals surface area contributed by atoms with Crippen LogP contribution in [0.15, 0.2) is 18.2 Å². The lowest BCUT2D eigenvalue weighted by Crippen LogP contribution is -2.31. The third-order valence-electron chi connectivity index (χ3n) is 4.17. The Balaban J connectivity index is 1.87. The van der Waals surface area contributed by atoms with Gasteiger partial charge in [-0.25, -0.2) is 0 Å². The van der Waals surface area contributed by atoms with Gasteiger partial charge in [0.15, 0.2) is 0 Å². The molecular formula is C15H17ClF3NO. The summed E-state index contributed by atoms with van der Waals surface area (Å²) in [5.74, 6) is 0.506. The number of hydrogen-bond acceptors (Lipinski definition) is 2. The Kier molecular flexibility index (Phi) is 4.06. The average Bonchev–Trinajstić information content (AvgIpc) is 3.09. The van der Waals surface area contributed by atoms with E-state index in [9.17, 15) is 13.2 Å². The molecule has 116 valence electrons. The van der Waals surface area contributed by atoms with Gasteiger partial charge in [0, 0.05) is 12.5 Å². The van der Waals surface area contributed by atoms with Crippen LogP contribution in [0.2, 0.25) is 5.02 Å². The highest BCUT2D eigenvalue weighted by Crippen LogP contribution is 2.44. The molecule has 6 heteroatoms. The minimum absolute atomic E-state index is 0.140. The molecule has 21 heavy (non-hydrogen) atoms. The third kappa shape index (κ3) is 3.29. The van der Waals surface area contributed by atoms with E-state index in [1.54, 1.807) is 0 Å². The lowest BCUT2D eigenvalue weighted by atomic mass is 9.97.